The van der Waals surface area contributed by atoms with Crippen molar-refractivity contribution in [2.24, 2.45) is 5.10 Å². The van der Waals surface area contributed by atoms with Crippen LogP contribution in [0.1, 0.15) is 12.5 Å². The van der Waals surface area contributed by atoms with E-state index in [0.29, 0.717) is 5.69 Å². The highest BCUT2D eigenvalue weighted by Crippen LogP contribution is 2.14. The lowest BCUT2D eigenvalue weighted by Gasteiger charge is -2.06. The smallest absolute Gasteiger partial charge is 0.229 e. The lowest BCUT2D eigenvalue weighted by atomic mass is 10.2. The number of anilines is 1. The second-order valence-corrected chi connectivity index (χ2v) is 6.63. The molecule has 0 amide bonds. The number of benzene rings is 2. The quantitative estimate of drug-likeness (QED) is 0.534. The van der Waals surface area contributed by atoms with Crippen molar-refractivity contribution in [1.82, 2.24) is 0 Å². The normalized spacial score (nSPS) is 12.0. The fraction of sp³-hybridized carbons (Fsp3) is 0.125. The second-order valence-electron chi connectivity index (χ2n) is 4.77. The Balaban J connectivity index is 2.36. The molecule has 0 aromatic heterocycles. The van der Waals surface area contributed by atoms with Crippen molar-refractivity contribution in [1.29, 1.82) is 0 Å². The molecule has 0 aliphatic rings. The molecule has 2 aromatic rings. The van der Waals surface area contributed by atoms with Gasteiger partial charge in [0.2, 0.25) is 14.9 Å². The first kappa shape index (κ1) is 15.9. The second kappa shape index (κ2) is 6.53. The molecule has 2 rings (SSSR count). The van der Waals surface area contributed by atoms with Gasteiger partial charge in [-0.25, -0.2) is 8.42 Å². The molecule has 0 saturated carbocycles. The number of carbonyl (C=O) groups excluding carboxylic acids is 1. The molecule has 0 aliphatic carbocycles. The molecule has 0 bridgehead atoms. The largest absolute Gasteiger partial charge is 0.292 e. The number of nitrogens with one attached hydrogen (secondary N) is 1. The van der Waals surface area contributed by atoms with Gasteiger partial charge in [0.1, 0.15) is 0 Å². The molecule has 2 aromatic carbocycles. The van der Waals surface area contributed by atoms with E-state index < -0.39 is 20.7 Å². The van der Waals surface area contributed by atoms with Gasteiger partial charge in [-0.05, 0) is 31.2 Å². The monoisotopic (exact) mass is 316 g/mol. The van der Waals surface area contributed by atoms with Crippen LogP contribution in [0.25, 0.3) is 0 Å². The predicted octanol–water partition coefficient (Wildman–Crippen LogP) is 2.78. The van der Waals surface area contributed by atoms with Crippen LogP contribution in [0.3, 0.4) is 0 Å². The van der Waals surface area contributed by atoms with Gasteiger partial charge in [-0.15, -0.1) is 0 Å². The van der Waals surface area contributed by atoms with Crippen molar-refractivity contribution in [2.45, 2.75) is 18.7 Å². The predicted molar refractivity (Wildman–Crippen MR) is 86.5 cm³/mol. The number of nitrogens with zero attached hydrogens (tertiary/aromatic N) is 1. The van der Waals surface area contributed by atoms with Crippen molar-refractivity contribution in [2.75, 3.05) is 5.43 Å². The zero-order valence-corrected chi connectivity index (χ0v) is 13.1. The van der Waals surface area contributed by atoms with Gasteiger partial charge in [0.15, 0.2) is 5.78 Å². The molecule has 0 radical (unpaired) electrons. The Hall–Kier alpha value is -2.47. The van der Waals surface area contributed by atoms with Crippen LogP contribution in [-0.2, 0) is 14.6 Å². The number of ketones is 1. The van der Waals surface area contributed by atoms with E-state index in [-0.39, 0.29) is 4.90 Å². The fourth-order valence-corrected chi connectivity index (χ4v) is 3.07. The van der Waals surface area contributed by atoms with Gasteiger partial charge >= 0.3 is 0 Å². The summed E-state index contributed by atoms with van der Waals surface area (Å²) in [5.41, 5.74) is 4.29. The summed E-state index contributed by atoms with van der Waals surface area (Å²) in [6.45, 7) is 3.12. The summed E-state index contributed by atoms with van der Waals surface area (Å²) in [7, 11) is -3.94. The molecule has 22 heavy (non-hydrogen) atoms. The van der Waals surface area contributed by atoms with Crippen LogP contribution < -0.4 is 5.43 Å². The van der Waals surface area contributed by atoms with Crippen molar-refractivity contribution in [3.63, 3.8) is 0 Å². The molecule has 1 N–H and O–H groups in total. The van der Waals surface area contributed by atoms with Gasteiger partial charge in [-0.1, -0.05) is 35.9 Å². The van der Waals surface area contributed by atoms with Gasteiger partial charge < -0.3 is 0 Å². The van der Waals surface area contributed by atoms with Gasteiger partial charge in [-0.2, -0.15) is 5.10 Å². The number of sulfone groups is 1. The first-order valence-corrected chi connectivity index (χ1v) is 8.11. The summed E-state index contributed by atoms with van der Waals surface area (Å²) < 4.78 is 24.9. The molecule has 0 saturated heterocycles. The number of Topliss-reactive ketones (excluding diaryl/α,β-unsaturated/α-hetero) is 1. The third-order valence-corrected chi connectivity index (χ3v) is 4.73. The van der Waals surface area contributed by atoms with Gasteiger partial charge in [0, 0.05) is 6.92 Å². The van der Waals surface area contributed by atoms with Crippen LogP contribution in [0.15, 0.2) is 64.6 Å². The number of rotatable bonds is 4. The number of aryl methyl sites for hydroxylation is 1. The topological polar surface area (TPSA) is 75.6 Å². The first-order chi connectivity index (χ1) is 10.4. The number of hydrazone groups is 1. The molecule has 0 aliphatic heterocycles. The van der Waals surface area contributed by atoms with Gasteiger partial charge in [0.05, 0.1) is 10.6 Å². The lowest BCUT2D eigenvalue weighted by Crippen LogP contribution is -2.23. The number of carbonyl (C=O) groups is 1. The highest BCUT2D eigenvalue weighted by molar-refractivity contribution is 8.08. The number of hydrogen-bond acceptors (Lipinski definition) is 5. The summed E-state index contributed by atoms with van der Waals surface area (Å²) >= 11 is 0. The van der Waals surface area contributed by atoms with Crippen LogP contribution in [0, 0.1) is 6.92 Å². The van der Waals surface area contributed by atoms with E-state index in [4.69, 9.17) is 0 Å². The Bertz CT molecular complexity index is 795. The molecule has 0 spiro atoms. The average molecular weight is 316 g/mol. The zero-order valence-electron chi connectivity index (χ0n) is 12.3. The van der Waals surface area contributed by atoms with E-state index in [1.165, 1.54) is 19.1 Å². The van der Waals surface area contributed by atoms with Crippen LogP contribution in [-0.4, -0.2) is 19.2 Å². The molecule has 0 fully saturated rings. The van der Waals surface area contributed by atoms with Crippen molar-refractivity contribution in [3.05, 3.63) is 60.2 Å². The van der Waals surface area contributed by atoms with Crippen LogP contribution in [0.5, 0.6) is 0 Å². The minimum absolute atomic E-state index is 0.0367. The van der Waals surface area contributed by atoms with E-state index in [1.54, 1.807) is 30.3 Å². The Morgan fingerprint density at radius 1 is 1.00 bits per heavy atom. The molecule has 6 heteroatoms. The van der Waals surface area contributed by atoms with E-state index in [2.05, 4.69) is 10.5 Å². The Morgan fingerprint density at radius 2 is 1.59 bits per heavy atom. The van der Waals surface area contributed by atoms with Crippen LogP contribution in [0.4, 0.5) is 5.69 Å². The Morgan fingerprint density at radius 3 is 2.14 bits per heavy atom. The lowest BCUT2D eigenvalue weighted by molar-refractivity contribution is -0.110. The summed E-state index contributed by atoms with van der Waals surface area (Å²) in [5, 5.41) is 3.29. The minimum atomic E-state index is -3.94. The third-order valence-electron chi connectivity index (χ3n) is 2.95. The van der Waals surface area contributed by atoms with Crippen molar-refractivity contribution >= 4 is 26.4 Å². The number of hydrogen-bond donors (Lipinski definition) is 1. The average Bonchev–Trinajstić information content (AvgIpc) is 2.50. The molecule has 0 atom stereocenters. The van der Waals surface area contributed by atoms with E-state index in [9.17, 15) is 13.2 Å². The molecular formula is C16H16N2O3S. The zero-order chi connectivity index (χ0) is 16.2. The maximum atomic E-state index is 12.5. The van der Waals surface area contributed by atoms with E-state index in [0.717, 1.165) is 5.56 Å². The molecule has 0 heterocycles. The maximum Gasteiger partial charge on any atom is 0.229 e. The Kier molecular flexibility index (Phi) is 4.72. The molecule has 114 valence electrons. The van der Waals surface area contributed by atoms with Crippen LogP contribution >= 0.6 is 0 Å². The molecule has 5 nitrogen and oxygen atoms in total. The SMILES string of the molecule is CC(=O)/C(=N\Nc1ccc(C)cc1)S(=O)(=O)c1ccccc1. The molecule has 0 unspecified atom stereocenters. The minimum Gasteiger partial charge on any atom is -0.292 e. The summed E-state index contributed by atoms with van der Waals surface area (Å²) in [6, 6.07) is 15.0. The van der Waals surface area contributed by atoms with Crippen molar-refractivity contribution < 1.29 is 13.2 Å². The highest BCUT2D eigenvalue weighted by atomic mass is 32.2. The third kappa shape index (κ3) is 3.59. The van der Waals surface area contributed by atoms with E-state index >= 15 is 0 Å². The van der Waals surface area contributed by atoms with Crippen molar-refractivity contribution in [3.8, 4) is 0 Å². The van der Waals surface area contributed by atoms with Gasteiger partial charge in [-0.3, -0.25) is 10.2 Å². The Labute approximate surface area is 129 Å². The fourth-order valence-electron chi connectivity index (χ4n) is 1.78. The van der Waals surface area contributed by atoms with Crippen LogP contribution in [0.2, 0.25) is 0 Å². The molecular weight excluding hydrogens is 300 g/mol. The summed E-state index contributed by atoms with van der Waals surface area (Å²) in [4.78, 5) is 11.7. The first-order valence-electron chi connectivity index (χ1n) is 6.62. The van der Waals surface area contributed by atoms with E-state index in [1.807, 2.05) is 19.1 Å². The standard InChI is InChI=1S/C16H16N2O3S/c1-12-8-10-14(11-9-12)17-18-16(13(2)19)22(20,21)15-6-4-3-5-7-15/h3-11,17H,1-2H3/b18-16+. The summed E-state index contributed by atoms with van der Waals surface area (Å²) in [5.74, 6) is -0.622. The highest BCUT2D eigenvalue weighted by Gasteiger charge is 2.26. The maximum absolute atomic E-state index is 12.5. The van der Waals surface area contributed by atoms with Gasteiger partial charge in [0.25, 0.3) is 0 Å². The summed E-state index contributed by atoms with van der Waals surface area (Å²) in [6.07, 6.45) is 0.